The van der Waals surface area contributed by atoms with E-state index in [1.807, 2.05) is 36.7 Å². The molecule has 8 heteroatoms. The minimum Gasteiger partial charge on any atom is -0.348 e. The Morgan fingerprint density at radius 2 is 1.93 bits per heavy atom. The van der Waals surface area contributed by atoms with Gasteiger partial charge in [-0.05, 0) is 56.7 Å². The van der Waals surface area contributed by atoms with Crippen LogP contribution in [0.5, 0.6) is 0 Å². The van der Waals surface area contributed by atoms with Crippen molar-refractivity contribution in [1.29, 1.82) is 0 Å². The highest BCUT2D eigenvalue weighted by Gasteiger charge is 2.11. The van der Waals surface area contributed by atoms with Crippen molar-refractivity contribution in [3.63, 3.8) is 0 Å². The molecule has 0 saturated carbocycles. The quantitative estimate of drug-likeness (QED) is 0.554. The molecule has 152 valence electrons. The lowest BCUT2D eigenvalue weighted by Crippen LogP contribution is -2.25. The molecule has 0 aliphatic rings. The van der Waals surface area contributed by atoms with Crippen LogP contribution in [-0.4, -0.2) is 30.0 Å². The van der Waals surface area contributed by atoms with Gasteiger partial charge in [-0.3, -0.25) is 14.2 Å². The zero-order valence-corrected chi connectivity index (χ0v) is 17.1. The van der Waals surface area contributed by atoms with Crippen molar-refractivity contribution in [2.75, 3.05) is 0 Å². The number of nitrogens with one attached hydrogen (secondary N) is 1. The Morgan fingerprint density at radius 3 is 2.67 bits per heavy atom. The summed E-state index contributed by atoms with van der Waals surface area (Å²) in [6, 6.07) is 8.98. The van der Waals surface area contributed by atoms with Gasteiger partial charge in [0.05, 0.1) is 11.0 Å². The lowest BCUT2D eigenvalue weighted by molar-refractivity contribution is 0.0951. The van der Waals surface area contributed by atoms with E-state index in [1.165, 1.54) is 0 Å². The van der Waals surface area contributed by atoms with Gasteiger partial charge in [-0.1, -0.05) is 0 Å². The molecule has 0 radical (unpaired) electrons. The standard InChI is InChI=1S/C22H22N6O2/c1-4-27-19-6-5-17(12-18(19)26-14(2)22(27)30)21(29)25-13-16-7-8-24-20(11-16)28-10-9-23-15(28)3/h5-12H,4,13H2,1-3H3,(H,25,29). The predicted molar refractivity (Wildman–Crippen MR) is 114 cm³/mol. The van der Waals surface area contributed by atoms with Crippen molar-refractivity contribution in [3.8, 4) is 5.82 Å². The average molecular weight is 402 g/mol. The number of hydrogen-bond donors (Lipinski definition) is 1. The maximum Gasteiger partial charge on any atom is 0.272 e. The van der Waals surface area contributed by atoms with Crippen molar-refractivity contribution < 1.29 is 4.79 Å². The van der Waals surface area contributed by atoms with Crippen molar-refractivity contribution in [1.82, 2.24) is 29.4 Å². The fourth-order valence-electron chi connectivity index (χ4n) is 3.44. The van der Waals surface area contributed by atoms with Gasteiger partial charge >= 0.3 is 0 Å². The van der Waals surface area contributed by atoms with Gasteiger partial charge in [0, 0.05) is 37.2 Å². The Morgan fingerprint density at radius 1 is 1.10 bits per heavy atom. The normalized spacial score (nSPS) is 11.0. The first-order chi connectivity index (χ1) is 14.5. The molecule has 0 bridgehead atoms. The van der Waals surface area contributed by atoms with Gasteiger partial charge in [-0.15, -0.1) is 0 Å². The molecular weight excluding hydrogens is 380 g/mol. The summed E-state index contributed by atoms with van der Waals surface area (Å²) in [5.74, 6) is 1.38. The van der Waals surface area contributed by atoms with Crippen LogP contribution in [0.1, 0.15) is 34.4 Å². The second-order valence-electron chi connectivity index (χ2n) is 7.00. The Kier molecular flexibility index (Phi) is 5.14. The third kappa shape index (κ3) is 3.59. The van der Waals surface area contributed by atoms with Crippen molar-refractivity contribution >= 4 is 16.9 Å². The van der Waals surface area contributed by atoms with Crippen molar-refractivity contribution in [2.45, 2.75) is 33.9 Å². The Balaban J connectivity index is 1.55. The fourth-order valence-corrected chi connectivity index (χ4v) is 3.44. The number of hydrogen-bond acceptors (Lipinski definition) is 5. The predicted octanol–water partition coefficient (Wildman–Crippen LogP) is 2.54. The summed E-state index contributed by atoms with van der Waals surface area (Å²) in [5, 5.41) is 2.93. The minimum absolute atomic E-state index is 0.108. The molecule has 0 saturated heterocycles. The van der Waals surface area contributed by atoms with Gasteiger partial charge in [-0.25, -0.2) is 15.0 Å². The van der Waals surface area contributed by atoms with E-state index >= 15 is 0 Å². The number of rotatable bonds is 5. The molecule has 0 unspecified atom stereocenters. The van der Waals surface area contributed by atoms with Crippen LogP contribution >= 0.6 is 0 Å². The van der Waals surface area contributed by atoms with Crippen LogP contribution in [0.4, 0.5) is 0 Å². The van der Waals surface area contributed by atoms with Crippen LogP contribution in [0.3, 0.4) is 0 Å². The van der Waals surface area contributed by atoms with Crippen LogP contribution < -0.4 is 10.9 Å². The molecule has 4 rings (SSSR count). The third-order valence-corrected chi connectivity index (χ3v) is 5.02. The highest BCUT2D eigenvalue weighted by molar-refractivity contribution is 5.97. The summed E-state index contributed by atoms with van der Waals surface area (Å²) in [6.45, 7) is 6.41. The number of aromatic nitrogens is 5. The number of amides is 1. The molecule has 4 aromatic rings. The molecule has 30 heavy (non-hydrogen) atoms. The molecule has 0 atom stereocenters. The zero-order valence-electron chi connectivity index (χ0n) is 17.1. The zero-order chi connectivity index (χ0) is 21.3. The number of carbonyl (C=O) groups excluding carboxylic acids is 1. The van der Waals surface area contributed by atoms with Crippen LogP contribution in [-0.2, 0) is 13.1 Å². The largest absolute Gasteiger partial charge is 0.348 e. The molecule has 1 N–H and O–H groups in total. The summed E-state index contributed by atoms with van der Waals surface area (Å²) in [5.41, 5.74) is 3.08. The maximum absolute atomic E-state index is 12.7. The summed E-state index contributed by atoms with van der Waals surface area (Å²) in [4.78, 5) is 37.9. The van der Waals surface area contributed by atoms with Crippen LogP contribution in [0.15, 0.2) is 53.7 Å². The molecule has 1 aromatic carbocycles. The molecular formula is C22H22N6O2. The molecule has 3 heterocycles. The summed E-state index contributed by atoms with van der Waals surface area (Å²) in [6.07, 6.45) is 5.28. The lowest BCUT2D eigenvalue weighted by Gasteiger charge is -2.11. The van der Waals surface area contributed by atoms with E-state index in [0.29, 0.717) is 29.9 Å². The Hall–Kier alpha value is -3.81. The summed E-state index contributed by atoms with van der Waals surface area (Å²) < 4.78 is 3.55. The summed E-state index contributed by atoms with van der Waals surface area (Å²) in [7, 11) is 0. The number of carbonyl (C=O) groups is 1. The molecule has 1 amide bonds. The topological polar surface area (TPSA) is 94.7 Å². The number of fused-ring (bicyclic) bond motifs is 1. The first-order valence-electron chi connectivity index (χ1n) is 9.72. The van der Waals surface area contributed by atoms with Crippen LogP contribution in [0.2, 0.25) is 0 Å². The van der Waals surface area contributed by atoms with E-state index in [9.17, 15) is 9.59 Å². The molecule has 0 aliphatic heterocycles. The lowest BCUT2D eigenvalue weighted by atomic mass is 10.1. The number of benzene rings is 1. The highest BCUT2D eigenvalue weighted by Crippen LogP contribution is 2.14. The van der Waals surface area contributed by atoms with E-state index < -0.39 is 0 Å². The summed E-state index contributed by atoms with van der Waals surface area (Å²) >= 11 is 0. The maximum atomic E-state index is 12.7. The second kappa shape index (κ2) is 7.90. The van der Waals surface area contributed by atoms with E-state index in [2.05, 4.69) is 20.3 Å². The van der Waals surface area contributed by atoms with E-state index in [4.69, 9.17) is 0 Å². The fraction of sp³-hybridized carbons (Fsp3) is 0.227. The van der Waals surface area contributed by atoms with Gasteiger partial charge < -0.3 is 9.88 Å². The molecule has 0 fully saturated rings. The smallest absolute Gasteiger partial charge is 0.272 e. The average Bonchev–Trinajstić information content (AvgIpc) is 3.19. The minimum atomic E-state index is -0.206. The first-order valence-corrected chi connectivity index (χ1v) is 9.72. The number of imidazole rings is 1. The highest BCUT2D eigenvalue weighted by atomic mass is 16.1. The first kappa shape index (κ1) is 19.5. The second-order valence-corrected chi connectivity index (χ2v) is 7.00. The van der Waals surface area contributed by atoms with Crippen molar-refractivity contribution in [3.05, 3.63) is 81.9 Å². The molecule has 0 spiro atoms. The molecule has 3 aromatic heterocycles. The van der Waals surface area contributed by atoms with Crippen LogP contribution in [0.25, 0.3) is 16.9 Å². The van der Waals surface area contributed by atoms with Gasteiger partial charge in [0.2, 0.25) is 0 Å². The Labute approximate surface area is 173 Å². The number of pyridine rings is 1. The van der Waals surface area contributed by atoms with E-state index in [-0.39, 0.29) is 11.5 Å². The number of nitrogens with zero attached hydrogens (tertiary/aromatic N) is 5. The molecule has 0 aliphatic carbocycles. The van der Waals surface area contributed by atoms with Crippen molar-refractivity contribution in [2.24, 2.45) is 0 Å². The SMILES string of the molecule is CCn1c(=O)c(C)nc2cc(C(=O)NCc3ccnc(-n4ccnc4C)c3)ccc21. The monoisotopic (exact) mass is 402 g/mol. The van der Waals surface area contributed by atoms with Gasteiger partial charge in [-0.2, -0.15) is 0 Å². The van der Waals surface area contributed by atoms with Gasteiger partial charge in [0.15, 0.2) is 0 Å². The third-order valence-electron chi connectivity index (χ3n) is 5.02. The Bertz CT molecular complexity index is 1300. The number of aryl methyl sites for hydroxylation is 3. The van der Waals surface area contributed by atoms with E-state index in [0.717, 1.165) is 22.7 Å². The van der Waals surface area contributed by atoms with Gasteiger partial charge in [0.25, 0.3) is 11.5 Å². The molecule has 8 nitrogen and oxygen atoms in total. The van der Waals surface area contributed by atoms with Gasteiger partial charge in [0.1, 0.15) is 17.3 Å². The van der Waals surface area contributed by atoms with E-state index in [1.54, 1.807) is 42.1 Å². The van der Waals surface area contributed by atoms with Crippen LogP contribution in [0, 0.1) is 13.8 Å².